The standard InChI is InChI=1S/C25H28ClFN4O4/c1-4-34-25(32)31(2)16-6-8-17(9-7-16)35-23-12-18-21(13-22(23)33-3)28-14-29-24(18)30-15-5-10-20(27)19(26)11-15/h5,10-14,16-17H,4,6-9H2,1-3H3,(H,28,29,30). The van der Waals surface area contributed by atoms with Crippen LogP contribution in [0.1, 0.15) is 32.6 Å². The second-order valence-corrected chi connectivity index (χ2v) is 8.76. The predicted octanol–water partition coefficient (Wildman–Crippen LogP) is 5.95. The Kier molecular flexibility index (Phi) is 7.75. The van der Waals surface area contributed by atoms with E-state index in [-0.39, 0.29) is 23.3 Å². The van der Waals surface area contributed by atoms with Gasteiger partial charge in [0.05, 0.1) is 30.4 Å². The Morgan fingerprint density at radius 3 is 2.63 bits per heavy atom. The largest absolute Gasteiger partial charge is 0.493 e. The highest BCUT2D eigenvalue weighted by molar-refractivity contribution is 6.31. The summed E-state index contributed by atoms with van der Waals surface area (Å²) in [7, 11) is 3.36. The Morgan fingerprint density at radius 2 is 1.94 bits per heavy atom. The van der Waals surface area contributed by atoms with Crippen molar-refractivity contribution in [2.75, 3.05) is 26.1 Å². The van der Waals surface area contributed by atoms with Crippen molar-refractivity contribution >= 4 is 40.1 Å². The van der Waals surface area contributed by atoms with E-state index in [4.69, 9.17) is 25.8 Å². The lowest BCUT2D eigenvalue weighted by molar-refractivity contribution is 0.0718. The number of fused-ring (bicyclic) bond motifs is 1. The molecular weight excluding hydrogens is 475 g/mol. The molecule has 35 heavy (non-hydrogen) atoms. The van der Waals surface area contributed by atoms with Crippen LogP contribution in [0.25, 0.3) is 10.9 Å². The normalized spacial score (nSPS) is 17.6. The molecule has 2 aromatic carbocycles. The molecular formula is C25H28ClFN4O4. The highest BCUT2D eigenvalue weighted by Crippen LogP contribution is 2.37. The van der Waals surface area contributed by atoms with Gasteiger partial charge in [-0.1, -0.05) is 11.6 Å². The second-order valence-electron chi connectivity index (χ2n) is 8.35. The lowest BCUT2D eigenvalue weighted by Gasteiger charge is -2.34. The van der Waals surface area contributed by atoms with Gasteiger partial charge in [-0.05, 0) is 56.9 Å². The number of halogens is 2. The molecule has 1 N–H and O–H groups in total. The molecule has 0 aliphatic heterocycles. The van der Waals surface area contributed by atoms with Crippen molar-refractivity contribution in [2.24, 2.45) is 0 Å². The van der Waals surface area contributed by atoms with Crippen LogP contribution in [0.3, 0.4) is 0 Å². The van der Waals surface area contributed by atoms with E-state index in [1.54, 1.807) is 38.1 Å². The van der Waals surface area contributed by atoms with Crippen LogP contribution in [-0.4, -0.2) is 53.9 Å². The smallest absolute Gasteiger partial charge is 0.409 e. The quantitative estimate of drug-likeness (QED) is 0.427. The first kappa shape index (κ1) is 24.8. The van der Waals surface area contributed by atoms with Crippen molar-refractivity contribution in [2.45, 2.75) is 44.8 Å². The number of amides is 1. The van der Waals surface area contributed by atoms with E-state index in [1.165, 1.54) is 18.5 Å². The van der Waals surface area contributed by atoms with E-state index >= 15 is 0 Å². The Hall–Kier alpha value is -3.33. The van der Waals surface area contributed by atoms with E-state index in [1.807, 2.05) is 6.07 Å². The monoisotopic (exact) mass is 502 g/mol. The number of hydrogen-bond donors (Lipinski definition) is 1. The summed E-state index contributed by atoms with van der Waals surface area (Å²) in [6.45, 7) is 2.16. The number of nitrogens with one attached hydrogen (secondary N) is 1. The van der Waals surface area contributed by atoms with Crippen LogP contribution in [0.5, 0.6) is 11.5 Å². The Balaban J connectivity index is 1.52. The first-order valence-electron chi connectivity index (χ1n) is 11.5. The molecule has 0 bridgehead atoms. The van der Waals surface area contributed by atoms with Crippen molar-refractivity contribution in [1.82, 2.24) is 14.9 Å². The highest BCUT2D eigenvalue weighted by Gasteiger charge is 2.28. The minimum Gasteiger partial charge on any atom is -0.493 e. The summed E-state index contributed by atoms with van der Waals surface area (Å²) in [6, 6.07) is 8.15. The van der Waals surface area contributed by atoms with Crippen molar-refractivity contribution in [3.8, 4) is 11.5 Å². The molecule has 1 aliphatic carbocycles. The number of nitrogens with zero attached hydrogens (tertiary/aromatic N) is 3. The number of ether oxygens (including phenoxy) is 3. The fourth-order valence-corrected chi connectivity index (χ4v) is 4.41. The maximum absolute atomic E-state index is 13.6. The summed E-state index contributed by atoms with van der Waals surface area (Å²) in [5.41, 5.74) is 1.26. The van der Waals surface area contributed by atoms with Crippen LogP contribution in [0.2, 0.25) is 5.02 Å². The summed E-state index contributed by atoms with van der Waals surface area (Å²) in [5, 5.41) is 3.91. The number of hydrogen-bond acceptors (Lipinski definition) is 7. The number of carbonyl (C=O) groups excluding carboxylic acids is 1. The van der Waals surface area contributed by atoms with Crippen LogP contribution in [-0.2, 0) is 4.74 Å². The molecule has 0 unspecified atom stereocenters. The molecule has 1 aliphatic rings. The first-order chi connectivity index (χ1) is 16.9. The number of benzene rings is 2. The zero-order chi connectivity index (χ0) is 24.9. The van der Waals surface area contributed by atoms with Crippen molar-refractivity contribution in [3.63, 3.8) is 0 Å². The van der Waals surface area contributed by atoms with Gasteiger partial charge in [0.25, 0.3) is 0 Å². The maximum atomic E-state index is 13.6. The number of rotatable bonds is 7. The third-order valence-corrected chi connectivity index (χ3v) is 6.43. The molecule has 8 nitrogen and oxygen atoms in total. The van der Waals surface area contributed by atoms with Crippen molar-refractivity contribution in [3.05, 3.63) is 47.5 Å². The predicted molar refractivity (Wildman–Crippen MR) is 132 cm³/mol. The van der Waals surface area contributed by atoms with Gasteiger partial charge in [0.15, 0.2) is 11.5 Å². The summed E-state index contributed by atoms with van der Waals surface area (Å²) in [5.74, 6) is 1.19. The zero-order valence-corrected chi connectivity index (χ0v) is 20.6. The van der Waals surface area contributed by atoms with Crippen molar-refractivity contribution in [1.29, 1.82) is 0 Å². The molecule has 4 rings (SSSR count). The molecule has 0 spiro atoms. The molecule has 0 radical (unpaired) electrons. The molecule has 186 valence electrons. The van der Waals surface area contributed by atoms with Gasteiger partial charge in [-0.25, -0.2) is 19.2 Å². The van der Waals surface area contributed by atoms with E-state index in [0.717, 1.165) is 31.1 Å². The Morgan fingerprint density at radius 1 is 1.17 bits per heavy atom. The Labute approximate surface area is 208 Å². The first-order valence-corrected chi connectivity index (χ1v) is 11.9. The van der Waals surface area contributed by atoms with Gasteiger partial charge in [-0.2, -0.15) is 0 Å². The lowest BCUT2D eigenvalue weighted by atomic mass is 9.92. The minimum absolute atomic E-state index is 0.0169. The van der Waals surface area contributed by atoms with Gasteiger partial charge in [0, 0.05) is 30.2 Å². The van der Waals surface area contributed by atoms with Gasteiger partial charge in [0.2, 0.25) is 0 Å². The van der Waals surface area contributed by atoms with Gasteiger partial charge in [-0.15, -0.1) is 0 Å². The molecule has 1 aromatic heterocycles. The van der Waals surface area contributed by atoms with E-state index in [2.05, 4.69) is 15.3 Å². The van der Waals surface area contributed by atoms with E-state index in [9.17, 15) is 9.18 Å². The number of carbonyl (C=O) groups is 1. The average molecular weight is 503 g/mol. The molecule has 0 atom stereocenters. The van der Waals surface area contributed by atoms with Gasteiger partial charge >= 0.3 is 6.09 Å². The third-order valence-electron chi connectivity index (χ3n) is 6.14. The highest BCUT2D eigenvalue weighted by atomic mass is 35.5. The molecule has 0 saturated heterocycles. The summed E-state index contributed by atoms with van der Waals surface area (Å²) in [6.07, 6.45) is 4.34. The van der Waals surface area contributed by atoms with Crippen LogP contribution >= 0.6 is 11.6 Å². The van der Waals surface area contributed by atoms with E-state index < -0.39 is 5.82 Å². The zero-order valence-electron chi connectivity index (χ0n) is 19.9. The fraction of sp³-hybridized carbons (Fsp3) is 0.400. The lowest BCUT2D eigenvalue weighted by Crippen LogP contribution is -2.41. The third kappa shape index (κ3) is 5.67. The minimum atomic E-state index is -0.492. The molecule has 1 heterocycles. The maximum Gasteiger partial charge on any atom is 0.409 e. The van der Waals surface area contributed by atoms with Crippen LogP contribution in [0.4, 0.5) is 20.7 Å². The summed E-state index contributed by atoms with van der Waals surface area (Å²) < 4.78 is 30.6. The van der Waals surface area contributed by atoms with E-state index in [0.29, 0.717) is 35.1 Å². The number of aromatic nitrogens is 2. The molecule has 1 saturated carbocycles. The van der Waals surface area contributed by atoms with Crippen LogP contribution in [0, 0.1) is 5.82 Å². The molecule has 10 heteroatoms. The molecule has 1 fully saturated rings. The molecule has 1 amide bonds. The topological polar surface area (TPSA) is 85.8 Å². The van der Waals surface area contributed by atoms with Crippen LogP contribution in [0.15, 0.2) is 36.7 Å². The fourth-order valence-electron chi connectivity index (χ4n) is 4.23. The van der Waals surface area contributed by atoms with Gasteiger partial charge < -0.3 is 24.4 Å². The molecule has 3 aromatic rings. The van der Waals surface area contributed by atoms with Gasteiger partial charge in [-0.3, -0.25) is 0 Å². The average Bonchev–Trinajstić information content (AvgIpc) is 2.86. The summed E-state index contributed by atoms with van der Waals surface area (Å²) >= 11 is 5.92. The summed E-state index contributed by atoms with van der Waals surface area (Å²) in [4.78, 5) is 22.4. The number of anilines is 2. The van der Waals surface area contributed by atoms with Gasteiger partial charge in [0.1, 0.15) is 18.0 Å². The SMILES string of the molecule is CCOC(=O)N(C)C1CCC(Oc2cc3c(Nc4ccc(F)c(Cl)c4)ncnc3cc2OC)CC1. The number of methoxy groups -OCH3 is 1. The second kappa shape index (κ2) is 10.9. The Bertz CT molecular complexity index is 1200. The van der Waals surface area contributed by atoms with Crippen molar-refractivity contribution < 1.29 is 23.4 Å². The van der Waals surface area contributed by atoms with Crippen LogP contribution < -0.4 is 14.8 Å².